The van der Waals surface area contributed by atoms with Gasteiger partial charge in [-0.1, -0.05) is 6.07 Å². The lowest BCUT2D eigenvalue weighted by molar-refractivity contribution is -0.172. The molecule has 0 spiro atoms. The fourth-order valence-corrected chi connectivity index (χ4v) is 3.78. The number of ether oxygens (including phenoxy) is 3. The molecular formula is C20H26O8. The van der Waals surface area contributed by atoms with Gasteiger partial charge in [-0.15, -0.1) is 0 Å². The molecular weight excluding hydrogens is 368 g/mol. The van der Waals surface area contributed by atoms with E-state index in [1.165, 1.54) is 32.2 Å². The Bertz CT molecular complexity index is 755. The summed E-state index contributed by atoms with van der Waals surface area (Å²) >= 11 is 0. The Labute approximate surface area is 163 Å². The number of hydrogen-bond donors (Lipinski definition) is 2. The van der Waals surface area contributed by atoms with Crippen LogP contribution in [0.25, 0.3) is 0 Å². The van der Waals surface area contributed by atoms with Crippen molar-refractivity contribution >= 4 is 17.7 Å². The molecule has 8 heteroatoms. The highest BCUT2D eigenvalue weighted by Gasteiger charge is 2.57. The van der Waals surface area contributed by atoms with Gasteiger partial charge in [0.15, 0.2) is 17.3 Å². The van der Waals surface area contributed by atoms with Crippen molar-refractivity contribution in [3.05, 3.63) is 23.8 Å². The number of esters is 2. The highest BCUT2D eigenvalue weighted by molar-refractivity contribution is 6.02. The first kappa shape index (κ1) is 21.7. The quantitative estimate of drug-likeness (QED) is 0.551. The molecule has 1 aliphatic carbocycles. The smallest absolute Gasteiger partial charge is 0.317 e. The zero-order valence-electron chi connectivity index (χ0n) is 16.4. The van der Waals surface area contributed by atoms with Crippen LogP contribution < -0.4 is 4.74 Å². The molecule has 0 saturated heterocycles. The lowest BCUT2D eigenvalue weighted by Gasteiger charge is -2.43. The summed E-state index contributed by atoms with van der Waals surface area (Å²) in [5.74, 6) is -5.55. The first-order valence-electron chi connectivity index (χ1n) is 9.13. The largest absolute Gasteiger partial charge is 0.504 e. The number of aromatic hydroxyl groups is 1. The van der Waals surface area contributed by atoms with Crippen molar-refractivity contribution in [2.24, 2.45) is 11.8 Å². The summed E-state index contributed by atoms with van der Waals surface area (Å²) in [5.41, 5.74) is -1.35. The number of benzene rings is 1. The van der Waals surface area contributed by atoms with Crippen LogP contribution in [-0.2, 0) is 23.9 Å². The first-order valence-corrected chi connectivity index (χ1v) is 9.13. The van der Waals surface area contributed by atoms with Crippen LogP contribution in [0.1, 0.15) is 38.7 Å². The summed E-state index contributed by atoms with van der Waals surface area (Å²) in [5, 5.41) is 20.8. The number of ketones is 1. The number of hydrogen-bond acceptors (Lipinski definition) is 8. The van der Waals surface area contributed by atoms with Gasteiger partial charge in [-0.3, -0.25) is 14.4 Å². The molecule has 0 heterocycles. The number of Topliss-reactive ketones (excluding diaryl/α,β-unsaturated/α-hetero) is 1. The molecule has 0 bridgehead atoms. The second kappa shape index (κ2) is 8.60. The van der Waals surface area contributed by atoms with Crippen LogP contribution in [0.4, 0.5) is 0 Å². The average Bonchev–Trinajstić information content (AvgIpc) is 2.61. The van der Waals surface area contributed by atoms with Gasteiger partial charge < -0.3 is 24.4 Å². The topological polar surface area (TPSA) is 119 Å². The zero-order valence-corrected chi connectivity index (χ0v) is 16.4. The van der Waals surface area contributed by atoms with E-state index >= 15 is 0 Å². The summed E-state index contributed by atoms with van der Waals surface area (Å²) in [6, 6.07) is 4.26. The van der Waals surface area contributed by atoms with Gasteiger partial charge in [0.1, 0.15) is 5.92 Å². The Morgan fingerprint density at radius 1 is 1.18 bits per heavy atom. The van der Waals surface area contributed by atoms with E-state index in [2.05, 4.69) is 0 Å². The molecule has 2 rings (SSSR count). The average molecular weight is 394 g/mol. The van der Waals surface area contributed by atoms with E-state index in [9.17, 15) is 24.6 Å². The number of phenolic OH excluding ortho intramolecular Hbond substituents is 1. The number of rotatable bonds is 6. The maximum Gasteiger partial charge on any atom is 0.317 e. The molecule has 0 aliphatic heterocycles. The number of aliphatic hydroxyl groups is 1. The fourth-order valence-electron chi connectivity index (χ4n) is 3.78. The third kappa shape index (κ3) is 4.11. The van der Waals surface area contributed by atoms with Crippen LogP contribution >= 0.6 is 0 Å². The zero-order chi connectivity index (χ0) is 21.1. The van der Waals surface area contributed by atoms with Gasteiger partial charge in [0.25, 0.3) is 0 Å². The summed E-state index contributed by atoms with van der Waals surface area (Å²) in [6.07, 6.45) is -0.383. The lowest BCUT2D eigenvalue weighted by Crippen LogP contribution is -2.55. The SMILES string of the molecule is CCOC(=O)[C@H]1C(=O)C[C@@](C)(O)[C@H](C(=O)OCC)[C@@H]1c1ccc(O)c(OC)c1. The van der Waals surface area contributed by atoms with Gasteiger partial charge in [-0.2, -0.15) is 0 Å². The molecule has 4 atom stereocenters. The van der Waals surface area contributed by atoms with Crippen LogP contribution in [0.3, 0.4) is 0 Å². The third-order valence-corrected chi connectivity index (χ3v) is 4.94. The van der Waals surface area contributed by atoms with E-state index < -0.39 is 41.1 Å². The summed E-state index contributed by atoms with van der Waals surface area (Å²) in [4.78, 5) is 38.1. The van der Waals surface area contributed by atoms with Crippen LogP contribution in [0.2, 0.25) is 0 Å². The predicted molar refractivity (Wildman–Crippen MR) is 97.9 cm³/mol. The Kier molecular flexibility index (Phi) is 6.66. The van der Waals surface area contributed by atoms with Crippen LogP contribution in [0, 0.1) is 11.8 Å². The summed E-state index contributed by atoms with van der Waals surface area (Å²) < 4.78 is 15.3. The normalized spacial score (nSPS) is 27.2. The second-order valence-electron chi connectivity index (χ2n) is 6.92. The van der Waals surface area contributed by atoms with E-state index in [1.54, 1.807) is 13.8 Å². The van der Waals surface area contributed by atoms with E-state index in [0.29, 0.717) is 5.56 Å². The predicted octanol–water partition coefficient (Wildman–Crippen LogP) is 1.57. The van der Waals surface area contributed by atoms with Crippen LogP contribution in [-0.4, -0.2) is 53.9 Å². The standard InChI is InChI=1S/C20H26O8/c1-5-27-18(23)16-13(22)10-20(3,25)17(19(24)28-6-2)15(16)11-7-8-12(21)14(9-11)26-4/h7-9,15-17,21,25H,5-6,10H2,1-4H3/t15-,16+,17+,20-/m1/s1. The van der Waals surface area contributed by atoms with Crippen LogP contribution in [0.5, 0.6) is 11.5 Å². The van der Waals surface area contributed by atoms with Gasteiger partial charge in [-0.05, 0) is 38.5 Å². The second-order valence-corrected chi connectivity index (χ2v) is 6.92. The highest BCUT2D eigenvalue weighted by Crippen LogP contribution is 2.47. The number of carbonyl (C=O) groups excluding carboxylic acids is 3. The van der Waals surface area contributed by atoms with Gasteiger partial charge in [0.05, 0.1) is 31.8 Å². The lowest BCUT2D eigenvalue weighted by atomic mass is 9.61. The minimum absolute atomic E-state index is 0.0642. The van der Waals surface area contributed by atoms with Crippen LogP contribution in [0.15, 0.2) is 18.2 Å². The van der Waals surface area contributed by atoms with Gasteiger partial charge in [-0.25, -0.2) is 0 Å². The van der Waals surface area contributed by atoms with Crippen molar-refractivity contribution in [1.82, 2.24) is 0 Å². The Hall–Kier alpha value is -2.61. The molecule has 1 aromatic rings. The molecule has 0 radical (unpaired) electrons. The third-order valence-electron chi connectivity index (χ3n) is 4.94. The molecule has 28 heavy (non-hydrogen) atoms. The number of phenols is 1. The Morgan fingerprint density at radius 2 is 1.79 bits per heavy atom. The summed E-state index contributed by atoms with van der Waals surface area (Å²) in [7, 11) is 1.35. The molecule has 2 N–H and O–H groups in total. The molecule has 1 saturated carbocycles. The molecule has 1 aliphatic rings. The molecule has 0 unspecified atom stereocenters. The maximum atomic E-state index is 12.8. The van der Waals surface area contributed by atoms with Crippen molar-refractivity contribution < 1.29 is 38.8 Å². The molecule has 8 nitrogen and oxygen atoms in total. The minimum Gasteiger partial charge on any atom is -0.504 e. The van der Waals surface area contributed by atoms with Crippen molar-refractivity contribution in [2.75, 3.05) is 20.3 Å². The Morgan fingerprint density at radius 3 is 2.36 bits per heavy atom. The molecule has 1 aromatic carbocycles. The highest BCUT2D eigenvalue weighted by atomic mass is 16.5. The Balaban J connectivity index is 2.66. The van der Waals surface area contributed by atoms with Crippen molar-refractivity contribution in [2.45, 2.75) is 38.7 Å². The van der Waals surface area contributed by atoms with E-state index in [0.717, 1.165) is 0 Å². The first-order chi connectivity index (χ1) is 13.2. The van der Waals surface area contributed by atoms with Crippen molar-refractivity contribution in [1.29, 1.82) is 0 Å². The molecule has 154 valence electrons. The van der Waals surface area contributed by atoms with Crippen molar-refractivity contribution in [3.63, 3.8) is 0 Å². The van der Waals surface area contributed by atoms with Gasteiger partial charge >= 0.3 is 11.9 Å². The summed E-state index contributed by atoms with van der Waals surface area (Å²) in [6.45, 7) is 4.76. The van der Waals surface area contributed by atoms with E-state index in [-0.39, 0.29) is 31.1 Å². The fraction of sp³-hybridized carbons (Fsp3) is 0.550. The minimum atomic E-state index is -1.72. The van der Waals surface area contributed by atoms with Crippen molar-refractivity contribution in [3.8, 4) is 11.5 Å². The van der Waals surface area contributed by atoms with E-state index in [4.69, 9.17) is 14.2 Å². The number of methoxy groups -OCH3 is 1. The maximum absolute atomic E-state index is 12.8. The molecule has 0 amide bonds. The molecule has 1 fully saturated rings. The number of carbonyl (C=O) groups is 3. The van der Waals surface area contributed by atoms with Gasteiger partial charge in [0, 0.05) is 12.3 Å². The van der Waals surface area contributed by atoms with E-state index in [1.807, 2.05) is 0 Å². The van der Waals surface area contributed by atoms with Gasteiger partial charge in [0.2, 0.25) is 0 Å². The molecule has 0 aromatic heterocycles. The monoisotopic (exact) mass is 394 g/mol.